The lowest BCUT2D eigenvalue weighted by Crippen LogP contribution is -2.28. The van der Waals surface area contributed by atoms with E-state index in [1.54, 1.807) is 7.11 Å². The molecule has 0 aliphatic rings. The number of benzene rings is 1. The van der Waals surface area contributed by atoms with Crippen LogP contribution < -0.4 is 0 Å². The standard InChI is InChI=1S/C16H25N5O/c1-3-4-10-21-16(17-18-19-21)14-20(11-12-22-2)13-15-8-6-5-7-9-15/h5-9H,3-4,10-14H2,1-2H3. The van der Waals surface area contributed by atoms with Gasteiger partial charge in [-0.05, 0) is 22.4 Å². The minimum absolute atomic E-state index is 0.698. The van der Waals surface area contributed by atoms with Gasteiger partial charge in [-0.2, -0.15) is 0 Å². The second kappa shape index (κ2) is 9.27. The number of rotatable bonds is 10. The minimum atomic E-state index is 0.698. The molecule has 22 heavy (non-hydrogen) atoms. The van der Waals surface area contributed by atoms with Crippen LogP contribution in [0.2, 0.25) is 0 Å². The summed E-state index contributed by atoms with van der Waals surface area (Å²) in [5.74, 6) is 0.917. The molecule has 2 aromatic rings. The molecule has 1 aromatic carbocycles. The lowest BCUT2D eigenvalue weighted by atomic mass is 10.2. The number of aryl methyl sites for hydroxylation is 1. The van der Waals surface area contributed by atoms with E-state index in [2.05, 4.69) is 51.6 Å². The number of unbranched alkanes of at least 4 members (excludes halogenated alkanes) is 1. The number of hydrogen-bond acceptors (Lipinski definition) is 5. The zero-order chi connectivity index (χ0) is 15.6. The third-order valence-electron chi connectivity index (χ3n) is 3.56. The largest absolute Gasteiger partial charge is 0.383 e. The molecule has 1 aromatic heterocycles. The lowest BCUT2D eigenvalue weighted by Gasteiger charge is -2.21. The van der Waals surface area contributed by atoms with Crippen molar-refractivity contribution >= 4 is 0 Å². The molecule has 0 spiro atoms. The molecule has 0 bridgehead atoms. The average Bonchev–Trinajstić information content (AvgIpc) is 2.98. The molecule has 1 heterocycles. The molecule has 0 unspecified atom stereocenters. The molecule has 0 saturated carbocycles. The zero-order valence-corrected chi connectivity index (χ0v) is 13.5. The van der Waals surface area contributed by atoms with Crippen LogP contribution in [0.1, 0.15) is 31.2 Å². The Morgan fingerprint density at radius 2 is 2.00 bits per heavy atom. The van der Waals surface area contributed by atoms with Gasteiger partial charge in [0.1, 0.15) is 0 Å². The van der Waals surface area contributed by atoms with Crippen LogP contribution in [0.4, 0.5) is 0 Å². The summed E-state index contributed by atoms with van der Waals surface area (Å²) < 4.78 is 7.14. The van der Waals surface area contributed by atoms with Gasteiger partial charge in [-0.1, -0.05) is 43.7 Å². The number of ether oxygens (including phenoxy) is 1. The van der Waals surface area contributed by atoms with Crippen molar-refractivity contribution in [3.63, 3.8) is 0 Å². The van der Waals surface area contributed by atoms with E-state index in [9.17, 15) is 0 Å². The molecule has 120 valence electrons. The minimum Gasteiger partial charge on any atom is -0.383 e. The van der Waals surface area contributed by atoms with Crippen LogP contribution >= 0.6 is 0 Å². The van der Waals surface area contributed by atoms with Gasteiger partial charge in [0.25, 0.3) is 0 Å². The SMILES string of the molecule is CCCCn1nnnc1CN(CCOC)Cc1ccccc1. The van der Waals surface area contributed by atoms with Crippen LogP contribution in [0.25, 0.3) is 0 Å². The fourth-order valence-electron chi connectivity index (χ4n) is 2.29. The van der Waals surface area contributed by atoms with E-state index in [-0.39, 0.29) is 0 Å². The highest BCUT2D eigenvalue weighted by molar-refractivity contribution is 5.14. The van der Waals surface area contributed by atoms with Crippen molar-refractivity contribution in [2.45, 2.75) is 39.4 Å². The normalized spacial score (nSPS) is 11.2. The van der Waals surface area contributed by atoms with Crippen molar-refractivity contribution in [2.24, 2.45) is 0 Å². The van der Waals surface area contributed by atoms with Crippen LogP contribution in [0.5, 0.6) is 0 Å². The van der Waals surface area contributed by atoms with E-state index in [0.717, 1.165) is 44.8 Å². The van der Waals surface area contributed by atoms with Gasteiger partial charge in [-0.3, -0.25) is 4.90 Å². The number of tetrazole rings is 1. The molecule has 6 nitrogen and oxygen atoms in total. The smallest absolute Gasteiger partial charge is 0.165 e. The highest BCUT2D eigenvalue weighted by Gasteiger charge is 2.12. The molecule has 0 amide bonds. The Balaban J connectivity index is 2.01. The molecule has 0 aliphatic carbocycles. The van der Waals surface area contributed by atoms with Gasteiger partial charge in [-0.15, -0.1) is 5.10 Å². The van der Waals surface area contributed by atoms with E-state index < -0.39 is 0 Å². The number of hydrogen-bond donors (Lipinski definition) is 0. The average molecular weight is 303 g/mol. The van der Waals surface area contributed by atoms with Gasteiger partial charge in [0.05, 0.1) is 13.2 Å². The number of methoxy groups -OCH3 is 1. The van der Waals surface area contributed by atoms with Crippen molar-refractivity contribution in [1.29, 1.82) is 0 Å². The second-order valence-corrected chi connectivity index (χ2v) is 5.36. The monoisotopic (exact) mass is 303 g/mol. The highest BCUT2D eigenvalue weighted by Crippen LogP contribution is 2.08. The van der Waals surface area contributed by atoms with Gasteiger partial charge >= 0.3 is 0 Å². The molecule has 0 N–H and O–H groups in total. The summed E-state index contributed by atoms with van der Waals surface area (Å²) in [6.07, 6.45) is 2.23. The predicted octanol–water partition coefficient (Wildman–Crippen LogP) is 2.12. The topological polar surface area (TPSA) is 56.1 Å². The van der Waals surface area contributed by atoms with Crippen LogP contribution in [-0.2, 0) is 24.4 Å². The van der Waals surface area contributed by atoms with Crippen molar-refractivity contribution in [3.8, 4) is 0 Å². The maximum Gasteiger partial charge on any atom is 0.165 e. The van der Waals surface area contributed by atoms with E-state index in [1.165, 1.54) is 5.56 Å². The highest BCUT2D eigenvalue weighted by atomic mass is 16.5. The van der Waals surface area contributed by atoms with Gasteiger partial charge < -0.3 is 4.74 Å². The summed E-state index contributed by atoms with van der Waals surface area (Å²) in [5.41, 5.74) is 1.28. The Labute approximate surface area is 132 Å². The molecule has 0 fully saturated rings. The van der Waals surface area contributed by atoms with E-state index in [1.807, 2.05) is 10.7 Å². The summed E-state index contributed by atoms with van der Waals surface area (Å²) in [5, 5.41) is 12.1. The lowest BCUT2D eigenvalue weighted by molar-refractivity contribution is 0.137. The molecule has 0 aliphatic heterocycles. The van der Waals surface area contributed by atoms with E-state index >= 15 is 0 Å². The fraction of sp³-hybridized carbons (Fsp3) is 0.562. The third kappa shape index (κ3) is 5.20. The summed E-state index contributed by atoms with van der Waals surface area (Å²) >= 11 is 0. The maximum atomic E-state index is 5.22. The van der Waals surface area contributed by atoms with Gasteiger partial charge in [0.2, 0.25) is 0 Å². The van der Waals surface area contributed by atoms with Gasteiger partial charge in [-0.25, -0.2) is 4.68 Å². The first-order valence-electron chi connectivity index (χ1n) is 7.83. The molecule has 0 radical (unpaired) electrons. The summed E-state index contributed by atoms with van der Waals surface area (Å²) in [7, 11) is 1.73. The quantitative estimate of drug-likeness (QED) is 0.673. The summed E-state index contributed by atoms with van der Waals surface area (Å²) in [6.45, 7) is 6.20. The Bertz CT molecular complexity index is 528. The Kier molecular flexibility index (Phi) is 6.99. The number of nitrogens with zero attached hydrogens (tertiary/aromatic N) is 5. The molecule has 0 atom stereocenters. The van der Waals surface area contributed by atoms with Crippen molar-refractivity contribution in [1.82, 2.24) is 25.1 Å². The van der Waals surface area contributed by atoms with Crippen LogP contribution in [0.3, 0.4) is 0 Å². The van der Waals surface area contributed by atoms with Gasteiger partial charge in [0.15, 0.2) is 5.82 Å². The Hall–Kier alpha value is -1.79. The Morgan fingerprint density at radius 3 is 2.73 bits per heavy atom. The Morgan fingerprint density at radius 1 is 1.18 bits per heavy atom. The second-order valence-electron chi connectivity index (χ2n) is 5.36. The van der Waals surface area contributed by atoms with Crippen molar-refractivity contribution in [2.75, 3.05) is 20.3 Å². The third-order valence-corrected chi connectivity index (χ3v) is 3.56. The van der Waals surface area contributed by atoms with Crippen molar-refractivity contribution < 1.29 is 4.74 Å². The first-order valence-corrected chi connectivity index (χ1v) is 7.83. The fourth-order valence-corrected chi connectivity index (χ4v) is 2.29. The first kappa shape index (κ1) is 16.6. The zero-order valence-electron chi connectivity index (χ0n) is 13.5. The van der Waals surface area contributed by atoms with Crippen LogP contribution in [0, 0.1) is 0 Å². The predicted molar refractivity (Wildman–Crippen MR) is 85.2 cm³/mol. The maximum absolute atomic E-state index is 5.22. The molecular formula is C16H25N5O. The van der Waals surface area contributed by atoms with Crippen molar-refractivity contribution in [3.05, 3.63) is 41.7 Å². The first-order chi connectivity index (χ1) is 10.8. The van der Waals surface area contributed by atoms with E-state index in [4.69, 9.17) is 4.74 Å². The molecular weight excluding hydrogens is 278 g/mol. The van der Waals surface area contributed by atoms with Gasteiger partial charge in [0, 0.05) is 26.7 Å². The summed E-state index contributed by atoms with van der Waals surface area (Å²) in [4.78, 5) is 2.31. The molecule has 6 heteroatoms. The number of aromatic nitrogens is 4. The van der Waals surface area contributed by atoms with Crippen LogP contribution in [-0.4, -0.2) is 45.4 Å². The summed E-state index contributed by atoms with van der Waals surface area (Å²) in [6, 6.07) is 10.4. The van der Waals surface area contributed by atoms with Crippen LogP contribution in [0.15, 0.2) is 30.3 Å². The molecule has 2 rings (SSSR count). The van der Waals surface area contributed by atoms with E-state index in [0.29, 0.717) is 6.61 Å². The molecule has 0 saturated heterocycles.